The first-order chi connectivity index (χ1) is 17.4. The molecule has 3 aromatic carbocycles. The van der Waals surface area contributed by atoms with Gasteiger partial charge in [0.2, 0.25) is 0 Å². The van der Waals surface area contributed by atoms with E-state index < -0.39 is 15.0 Å². The Labute approximate surface area is 230 Å². The second-order valence-electron chi connectivity index (χ2n) is 9.59. The van der Waals surface area contributed by atoms with Gasteiger partial charge in [0, 0.05) is 15.6 Å². The van der Waals surface area contributed by atoms with E-state index in [1.165, 1.54) is 38.5 Å². The van der Waals surface area contributed by atoms with Crippen molar-refractivity contribution in [2.24, 2.45) is 0 Å². The van der Waals surface area contributed by atoms with Gasteiger partial charge in [0.1, 0.15) is 4.21 Å². The van der Waals surface area contributed by atoms with Crippen LogP contribution in [0.3, 0.4) is 0 Å². The lowest BCUT2D eigenvalue weighted by Crippen LogP contribution is -2.39. The number of para-hydroxylation sites is 1. The minimum Gasteiger partial charge on any atom is -0.375 e. The molecule has 0 aliphatic carbocycles. The first-order valence-corrected chi connectivity index (χ1v) is 15.1. The fraction of sp³-hybridized carbons (Fsp3) is 0.419. The van der Waals surface area contributed by atoms with E-state index in [0.29, 0.717) is 11.4 Å². The fourth-order valence-corrected chi connectivity index (χ4v) is 6.72. The van der Waals surface area contributed by atoms with Gasteiger partial charge in [0.15, 0.2) is 0 Å². The Hall–Kier alpha value is -1.81. The van der Waals surface area contributed by atoms with Crippen molar-refractivity contribution in [1.29, 1.82) is 0 Å². The van der Waals surface area contributed by atoms with Crippen LogP contribution in [0.5, 0.6) is 0 Å². The SMILES string of the molecule is CCCCCCCCCC[C@@](Cl)([C@H](Nc1ccccc1)c1ccc(Cl)cc1)[S@](=O)c1ccc(C)cc1. The van der Waals surface area contributed by atoms with Gasteiger partial charge in [-0.2, -0.15) is 0 Å². The quantitative estimate of drug-likeness (QED) is 0.152. The third kappa shape index (κ3) is 8.36. The molecule has 0 bridgehead atoms. The maximum Gasteiger partial charge on any atom is 0.148 e. The van der Waals surface area contributed by atoms with Crippen LogP contribution in [0.4, 0.5) is 5.69 Å². The fourth-order valence-electron chi connectivity index (χ4n) is 4.50. The minimum absolute atomic E-state index is 0.370. The van der Waals surface area contributed by atoms with Crippen LogP contribution in [0.15, 0.2) is 83.8 Å². The minimum atomic E-state index is -1.45. The van der Waals surface area contributed by atoms with Crippen molar-refractivity contribution in [2.45, 2.75) is 86.8 Å². The molecule has 0 saturated heterocycles. The molecule has 0 aromatic heterocycles. The third-order valence-corrected chi connectivity index (χ3v) is 9.47. The lowest BCUT2D eigenvalue weighted by atomic mass is 9.97. The topological polar surface area (TPSA) is 29.1 Å². The first kappa shape index (κ1) is 28.8. The summed E-state index contributed by atoms with van der Waals surface area (Å²) in [4.78, 5) is 0.754. The van der Waals surface area contributed by atoms with Crippen molar-refractivity contribution in [3.63, 3.8) is 0 Å². The summed E-state index contributed by atoms with van der Waals surface area (Å²) in [6.07, 6.45) is 10.3. The van der Waals surface area contributed by atoms with Crippen molar-refractivity contribution < 1.29 is 4.21 Å². The summed E-state index contributed by atoms with van der Waals surface area (Å²) in [6.45, 7) is 4.28. The Morgan fingerprint density at radius 1 is 0.806 bits per heavy atom. The molecule has 0 unspecified atom stereocenters. The predicted octanol–water partition coefficient (Wildman–Crippen LogP) is 10.1. The number of alkyl halides is 1. The van der Waals surface area contributed by atoms with Gasteiger partial charge in [-0.1, -0.05) is 118 Å². The Morgan fingerprint density at radius 3 is 2.00 bits per heavy atom. The Morgan fingerprint density at radius 2 is 1.39 bits per heavy atom. The number of halogens is 2. The summed E-state index contributed by atoms with van der Waals surface area (Å²) in [5.74, 6) is 0. The molecule has 0 aliphatic heterocycles. The summed E-state index contributed by atoms with van der Waals surface area (Å²) in [5.41, 5.74) is 3.05. The smallest absolute Gasteiger partial charge is 0.148 e. The number of anilines is 1. The highest BCUT2D eigenvalue weighted by Gasteiger charge is 2.44. The standard InChI is InChI=1S/C31H39Cl2NOS/c1-3-4-5-6-7-8-9-13-24-31(33,36(35)29-22-16-25(2)17-23-29)30(26-18-20-27(32)21-19-26)34-28-14-11-10-12-15-28/h10-12,14-23,30,34H,3-9,13,24H2,1-2H3/t30-,31+,36-/m1/s1. The third-order valence-electron chi connectivity index (χ3n) is 6.63. The molecule has 0 spiro atoms. The van der Waals surface area contributed by atoms with Gasteiger partial charge in [-0.05, 0) is 55.3 Å². The molecule has 1 N–H and O–H groups in total. The molecular weight excluding hydrogens is 505 g/mol. The van der Waals surface area contributed by atoms with Crippen LogP contribution >= 0.6 is 23.2 Å². The molecule has 0 amide bonds. The second-order valence-corrected chi connectivity index (χ2v) is 12.7. The lowest BCUT2D eigenvalue weighted by Gasteiger charge is -2.36. The molecule has 3 atom stereocenters. The number of nitrogens with one attached hydrogen (secondary N) is 1. The van der Waals surface area contributed by atoms with Crippen LogP contribution in [0.25, 0.3) is 0 Å². The zero-order valence-corrected chi connectivity index (χ0v) is 23.8. The number of unbranched alkanes of at least 4 members (excludes halogenated alkanes) is 7. The Balaban J connectivity index is 1.88. The van der Waals surface area contributed by atoms with Crippen molar-refractivity contribution >= 4 is 39.7 Å². The van der Waals surface area contributed by atoms with Crippen LogP contribution < -0.4 is 5.32 Å². The summed E-state index contributed by atoms with van der Waals surface area (Å²) < 4.78 is 13.2. The number of hydrogen-bond acceptors (Lipinski definition) is 2. The van der Waals surface area contributed by atoms with Crippen molar-refractivity contribution in [2.75, 3.05) is 5.32 Å². The average Bonchev–Trinajstić information content (AvgIpc) is 2.90. The van der Waals surface area contributed by atoms with Crippen LogP contribution in [0, 0.1) is 6.92 Å². The molecule has 0 saturated carbocycles. The van der Waals surface area contributed by atoms with E-state index in [-0.39, 0.29) is 6.04 Å². The number of aryl methyl sites for hydroxylation is 1. The largest absolute Gasteiger partial charge is 0.375 e. The van der Waals surface area contributed by atoms with Crippen molar-refractivity contribution in [3.8, 4) is 0 Å². The monoisotopic (exact) mass is 543 g/mol. The van der Waals surface area contributed by atoms with Gasteiger partial charge in [-0.15, -0.1) is 11.6 Å². The lowest BCUT2D eigenvalue weighted by molar-refractivity contribution is 0.518. The van der Waals surface area contributed by atoms with Crippen LogP contribution in [0.2, 0.25) is 5.02 Å². The van der Waals surface area contributed by atoms with E-state index >= 15 is 0 Å². The van der Waals surface area contributed by atoms with Gasteiger partial charge in [0.25, 0.3) is 0 Å². The molecule has 0 radical (unpaired) electrons. The molecule has 2 nitrogen and oxygen atoms in total. The molecule has 0 heterocycles. The van der Waals surface area contributed by atoms with E-state index in [1.807, 2.05) is 85.8 Å². The zero-order chi connectivity index (χ0) is 25.8. The number of rotatable bonds is 15. The summed E-state index contributed by atoms with van der Waals surface area (Å²) in [7, 11) is -1.45. The summed E-state index contributed by atoms with van der Waals surface area (Å²) in [5, 5.41) is 4.29. The molecule has 5 heteroatoms. The summed E-state index contributed by atoms with van der Waals surface area (Å²) >= 11 is 13.8. The molecule has 194 valence electrons. The molecular formula is C31H39Cl2NOS. The van der Waals surface area contributed by atoms with E-state index in [0.717, 1.165) is 34.6 Å². The van der Waals surface area contributed by atoms with Gasteiger partial charge in [-0.25, -0.2) is 0 Å². The van der Waals surface area contributed by atoms with Crippen LogP contribution in [0.1, 0.15) is 81.9 Å². The number of benzene rings is 3. The van der Waals surface area contributed by atoms with Gasteiger partial charge < -0.3 is 5.32 Å². The van der Waals surface area contributed by atoms with Gasteiger partial charge in [0.05, 0.1) is 16.8 Å². The average molecular weight is 545 g/mol. The summed E-state index contributed by atoms with van der Waals surface area (Å²) in [6, 6.07) is 25.3. The highest BCUT2D eigenvalue weighted by molar-refractivity contribution is 7.88. The first-order valence-electron chi connectivity index (χ1n) is 13.2. The van der Waals surface area contributed by atoms with E-state index in [4.69, 9.17) is 23.2 Å². The molecule has 0 fully saturated rings. The Bertz CT molecular complexity index is 1060. The van der Waals surface area contributed by atoms with Crippen molar-refractivity contribution in [3.05, 3.63) is 95.0 Å². The number of hydrogen-bond donors (Lipinski definition) is 1. The van der Waals surface area contributed by atoms with E-state index in [2.05, 4.69) is 12.2 Å². The maximum absolute atomic E-state index is 14.2. The second kappa shape index (κ2) is 14.8. The molecule has 3 rings (SSSR count). The molecule has 3 aromatic rings. The Kier molecular flexibility index (Phi) is 11.8. The predicted molar refractivity (Wildman–Crippen MR) is 158 cm³/mol. The molecule has 36 heavy (non-hydrogen) atoms. The van der Waals surface area contributed by atoms with Crippen LogP contribution in [-0.4, -0.2) is 8.42 Å². The van der Waals surface area contributed by atoms with Crippen molar-refractivity contribution in [1.82, 2.24) is 0 Å². The maximum atomic E-state index is 14.2. The van der Waals surface area contributed by atoms with Gasteiger partial charge in [-0.3, -0.25) is 4.21 Å². The van der Waals surface area contributed by atoms with E-state index in [1.54, 1.807) is 0 Å². The van der Waals surface area contributed by atoms with E-state index in [9.17, 15) is 4.21 Å². The highest BCUT2D eigenvalue weighted by atomic mass is 35.5. The zero-order valence-electron chi connectivity index (χ0n) is 21.5. The molecule has 0 aliphatic rings. The normalized spacial score (nSPS) is 14.7. The van der Waals surface area contributed by atoms with Gasteiger partial charge >= 0.3 is 0 Å². The van der Waals surface area contributed by atoms with Crippen LogP contribution in [-0.2, 0) is 10.8 Å². The highest BCUT2D eigenvalue weighted by Crippen LogP contribution is 2.44.